The number of carbonyl (C=O) groups is 2. The summed E-state index contributed by atoms with van der Waals surface area (Å²) >= 11 is 7.39. The fourth-order valence-corrected chi connectivity index (χ4v) is 4.44. The summed E-state index contributed by atoms with van der Waals surface area (Å²) in [5.41, 5.74) is 3.78. The van der Waals surface area contributed by atoms with Gasteiger partial charge in [-0.25, -0.2) is 4.98 Å². The Morgan fingerprint density at radius 1 is 1.24 bits per heavy atom. The van der Waals surface area contributed by atoms with E-state index in [1.54, 1.807) is 0 Å². The monoisotopic (exact) mass is 425 g/mol. The Kier molecular flexibility index (Phi) is 5.65. The summed E-state index contributed by atoms with van der Waals surface area (Å²) in [6, 6.07) is 15.2. The molecule has 2 N–H and O–H groups in total. The van der Waals surface area contributed by atoms with Crippen LogP contribution < -0.4 is 10.6 Å². The van der Waals surface area contributed by atoms with Crippen LogP contribution in [0.2, 0.25) is 5.02 Å². The van der Waals surface area contributed by atoms with E-state index in [1.165, 1.54) is 11.3 Å². The molecule has 148 valence electrons. The second-order valence-corrected chi connectivity index (χ2v) is 8.70. The molecule has 7 heteroatoms. The van der Waals surface area contributed by atoms with Gasteiger partial charge in [0.1, 0.15) is 0 Å². The maximum Gasteiger partial charge on any atom is 0.227 e. The number of amides is 2. The minimum Gasteiger partial charge on any atom is -0.326 e. The lowest BCUT2D eigenvalue weighted by atomic mass is 9.89. The van der Waals surface area contributed by atoms with Crippen LogP contribution in [0.25, 0.3) is 11.3 Å². The number of aryl methyl sites for hydroxylation is 1. The van der Waals surface area contributed by atoms with Gasteiger partial charge in [-0.05, 0) is 43.5 Å². The molecule has 3 aromatic rings. The van der Waals surface area contributed by atoms with Crippen LogP contribution in [0.5, 0.6) is 0 Å². The number of benzene rings is 2. The Bertz CT molecular complexity index is 1060. The highest BCUT2D eigenvalue weighted by Crippen LogP contribution is 2.31. The number of rotatable bonds is 5. The molecule has 0 bridgehead atoms. The zero-order chi connectivity index (χ0) is 20.4. The molecule has 0 spiro atoms. The molecule has 2 heterocycles. The van der Waals surface area contributed by atoms with Crippen LogP contribution in [0.3, 0.4) is 0 Å². The van der Waals surface area contributed by atoms with Gasteiger partial charge >= 0.3 is 0 Å². The number of carbonyl (C=O) groups excluding carboxylic acids is 2. The second kappa shape index (κ2) is 8.35. The van der Waals surface area contributed by atoms with Crippen molar-refractivity contribution in [1.82, 2.24) is 4.98 Å². The molecule has 2 amide bonds. The van der Waals surface area contributed by atoms with Crippen molar-refractivity contribution in [2.45, 2.75) is 26.2 Å². The third-order valence-electron chi connectivity index (χ3n) is 4.99. The van der Waals surface area contributed by atoms with Gasteiger partial charge in [0.2, 0.25) is 11.8 Å². The largest absolute Gasteiger partial charge is 0.326 e. The normalized spacial score (nSPS) is 15.5. The van der Waals surface area contributed by atoms with Crippen molar-refractivity contribution in [1.29, 1.82) is 0 Å². The van der Waals surface area contributed by atoms with Gasteiger partial charge in [-0.3, -0.25) is 9.59 Å². The van der Waals surface area contributed by atoms with E-state index in [0.717, 1.165) is 27.4 Å². The highest BCUT2D eigenvalue weighted by molar-refractivity contribution is 7.16. The molecule has 0 saturated carbocycles. The number of aromatic nitrogens is 1. The number of halogens is 1. The van der Waals surface area contributed by atoms with E-state index in [4.69, 9.17) is 11.6 Å². The molecule has 0 aliphatic carbocycles. The quantitative estimate of drug-likeness (QED) is 0.582. The summed E-state index contributed by atoms with van der Waals surface area (Å²) in [7, 11) is 0. The van der Waals surface area contributed by atoms with Gasteiger partial charge in [-0.2, -0.15) is 0 Å². The summed E-state index contributed by atoms with van der Waals surface area (Å²) < 4.78 is 0. The lowest BCUT2D eigenvalue weighted by Gasteiger charge is -2.24. The predicted molar refractivity (Wildman–Crippen MR) is 117 cm³/mol. The number of hydrogen-bond acceptors (Lipinski definition) is 4. The Morgan fingerprint density at radius 2 is 2.00 bits per heavy atom. The Balaban J connectivity index is 1.36. The highest BCUT2D eigenvalue weighted by atomic mass is 35.5. The zero-order valence-electron chi connectivity index (χ0n) is 15.9. The highest BCUT2D eigenvalue weighted by Gasteiger charge is 2.26. The van der Waals surface area contributed by atoms with E-state index in [1.807, 2.05) is 55.5 Å². The van der Waals surface area contributed by atoms with E-state index >= 15 is 0 Å². The van der Waals surface area contributed by atoms with Crippen LogP contribution in [-0.4, -0.2) is 16.8 Å². The molecule has 1 atom stereocenters. The average Bonchev–Trinajstić information content (AvgIpc) is 3.07. The summed E-state index contributed by atoms with van der Waals surface area (Å²) in [6.45, 7) is 1.97. The van der Waals surface area contributed by atoms with Crippen molar-refractivity contribution in [3.8, 4) is 11.3 Å². The standard InChI is InChI=1S/C22H20ClN3O2S/c1-13-20(14-6-9-17(23)10-7-14)26-22(29-13)25-19(27)11-8-16-12-15-4-2-3-5-18(15)24-21(16)28/h2-7,9-10,16H,8,11-12H2,1H3,(H,24,28)(H,25,26,27)/t16-/m1/s1. The van der Waals surface area contributed by atoms with Crippen LogP contribution in [0.1, 0.15) is 23.3 Å². The summed E-state index contributed by atoms with van der Waals surface area (Å²) in [5.74, 6) is -0.349. The number of hydrogen-bond donors (Lipinski definition) is 2. The van der Waals surface area contributed by atoms with Crippen LogP contribution in [0.4, 0.5) is 10.8 Å². The smallest absolute Gasteiger partial charge is 0.227 e. The maximum absolute atomic E-state index is 12.4. The van der Waals surface area contributed by atoms with Crippen molar-refractivity contribution < 1.29 is 9.59 Å². The molecule has 1 aromatic heterocycles. The molecule has 5 nitrogen and oxygen atoms in total. The number of anilines is 2. The van der Waals surface area contributed by atoms with Gasteiger partial charge in [0, 0.05) is 33.5 Å². The first kappa shape index (κ1) is 19.6. The van der Waals surface area contributed by atoms with Gasteiger partial charge in [0.15, 0.2) is 5.13 Å². The molecule has 0 unspecified atom stereocenters. The Labute approximate surface area is 178 Å². The van der Waals surface area contributed by atoms with Crippen molar-refractivity contribution in [2.75, 3.05) is 10.6 Å². The molecular weight excluding hydrogens is 406 g/mol. The van der Waals surface area contributed by atoms with Gasteiger partial charge in [0.05, 0.1) is 5.69 Å². The molecule has 1 aliphatic rings. The fourth-order valence-electron chi connectivity index (χ4n) is 3.46. The van der Waals surface area contributed by atoms with Gasteiger partial charge in [0.25, 0.3) is 0 Å². The van der Waals surface area contributed by atoms with E-state index in [2.05, 4.69) is 15.6 Å². The van der Waals surface area contributed by atoms with Crippen molar-refractivity contribution in [3.05, 3.63) is 64.0 Å². The van der Waals surface area contributed by atoms with E-state index < -0.39 is 0 Å². The lowest BCUT2D eigenvalue weighted by Crippen LogP contribution is -2.30. The number of para-hydroxylation sites is 1. The third-order valence-corrected chi connectivity index (χ3v) is 6.13. The molecular formula is C22H20ClN3O2S. The predicted octanol–water partition coefficient (Wildman–Crippen LogP) is 5.30. The number of nitrogens with one attached hydrogen (secondary N) is 2. The maximum atomic E-state index is 12.4. The van der Waals surface area contributed by atoms with Crippen LogP contribution in [-0.2, 0) is 16.0 Å². The van der Waals surface area contributed by atoms with E-state index in [9.17, 15) is 9.59 Å². The first-order valence-electron chi connectivity index (χ1n) is 9.41. The number of nitrogens with zero attached hydrogens (tertiary/aromatic N) is 1. The second-order valence-electron chi connectivity index (χ2n) is 7.07. The minimum absolute atomic E-state index is 0.0217. The molecule has 4 rings (SSSR count). The van der Waals surface area contributed by atoms with Crippen LogP contribution >= 0.6 is 22.9 Å². The lowest BCUT2D eigenvalue weighted by molar-refractivity contribution is -0.121. The van der Waals surface area contributed by atoms with Gasteiger partial charge in [-0.1, -0.05) is 41.9 Å². The van der Waals surface area contributed by atoms with Gasteiger partial charge in [-0.15, -0.1) is 11.3 Å². The molecule has 0 saturated heterocycles. The van der Waals surface area contributed by atoms with Crippen LogP contribution in [0, 0.1) is 12.8 Å². The number of thiazole rings is 1. The summed E-state index contributed by atoms with van der Waals surface area (Å²) in [6.07, 6.45) is 1.43. The van der Waals surface area contributed by atoms with Crippen molar-refractivity contribution in [3.63, 3.8) is 0 Å². The van der Waals surface area contributed by atoms with E-state index in [0.29, 0.717) is 23.0 Å². The van der Waals surface area contributed by atoms with Crippen molar-refractivity contribution >= 4 is 45.6 Å². The zero-order valence-corrected chi connectivity index (χ0v) is 17.4. The van der Waals surface area contributed by atoms with Crippen LogP contribution in [0.15, 0.2) is 48.5 Å². The molecule has 2 aromatic carbocycles. The Morgan fingerprint density at radius 3 is 2.79 bits per heavy atom. The first-order valence-corrected chi connectivity index (χ1v) is 10.6. The molecule has 0 radical (unpaired) electrons. The summed E-state index contributed by atoms with van der Waals surface area (Å²) in [5, 5.41) is 7.03. The van der Waals surface area contributed by atoms with Gasteiger partial charge < -0.3 is 10.6 Å². The molecule has 1 aliphatic heterocycles. The van der Waals surface area contributed by atoms with E-state index in [-0.39, 0.29) is 24.2 Å². The Hall–Kier alpha value is -2.70. The van der Waals surface area contributed by atoms with Crippen molar-refractivity contribution in [2.24, 2.45) is 5.92 Å². The fraction of sp³-hybridized carbons (Fsp3) is 0.227. The molecule has 29 heavy (non-hydrogen) atoms. The average molecular weight is 426 g/mol. The SMILES string of the molecule is Cc1sc(NC(=O)CC[C@@H]2Cc3ccccc3NC2=O)nc1-c1ccc(Cl)cc1. The minimum atomic E-state index is -0.196. The topological polar surface area (TPSA) is 71.1 Å². The first-order chi connectivity index (χ1) is 14.0. The third kappa shape index (κ3) is 4.49. The molecule has 0 fully saturated rings. The summed E-state index contributed by atoms with van der Waals surface area (Å²) in [4.78, 5) is 30.3. The number of fused-ring (bicyclic) bond motifs is 1.